The zero-order valence-electron chi connectivity index (χ0n) is 10.6. The van der Waals surface area contributed by atoms with Crippen LogP contribution in [0.25, 0.3) is 0 Å². The lowest BCUT2D eigenvalue weighted by Crippen LogP contribution is -2.21. The molecule has 5 nitrogen and oxygen atoms in total. The minimum Gasteiger partial charge on any atom is -0.420 e. The Labute approximate surface area is 124 Å². The van der Waals surface area contributed by atoms with Crippen molar-refractivity contribution in [2.45, 2.75) is 12.8 Å². The predicted octanol–water partition coefficient (Wildman–Crippen LogP) is 2.70. The standard InChI is InChI=1S/C14H11BrN4O/c1-7-11-12(8-4-2-3-5-10(8)15)9(6-16)13(17)20-14(11)19-18-7/h2-5,12H,17H2,1H3,(H,18,19). The van der Waals surface area contributed by atoms with E-state index in [4.69, 9.17) is 10.5 Å². The highest BCUT2D eigenvalue weighted by molar-refractivity contribution is 9.10. The van der Waals surface area contributed by atoms with Crippen LogP contribution in [0.1, 0.15) is 22.7 Å². The van der Waals surface area contributed by atoms with Crippen LogP contribution in [0, 0.1) is 18.3 Å². The number of ether oxygens (including phenoxy) is 1. The zero-order valence-corrected chi connectivity index (χ0v) is 12.2. The van der Waals surface area contributed by atoms with E-state index < -0.39 is 0 Å². The highest BCUT2D eigenvalue weighted by Crippen LogP contribution is 2.44. The molecule has 2 aromatic rings. The fraction of sp³-hybridized carbons (Fsp3) is 0.143. The number of allylic oxidation sites excluding steroid dienone is 1. The van der Waals surface area contributed by atoms with Gasteiger partial charge >= 0.3 is 0 Å². The van der Waals surface area contributed by atoms with E-state index >= 15 is 0 Å². The molecule has 6 heteroatoms. The molecule has 0 amide bonds. The molecule has 1 unspecified atom stereocenters. The second-order valence-electron chi connectivity index (χ2n) is 4.51. The first-order valence-corrected chi connectivity index (χ1v) is 6.79. The number of nitriles is 1. The molecule has 0 spiro atoms. The third-order valence-electron chi connectivity index (χ3n) is 3.35. The van der Waals surface area contributed by atoms with Crippen LogP contribution in [0.15, 0.2) is 40.2 Å². The topological polar surface area (TPSA) is 87.7 Å². The largest absolute Gasteiger partial charge is 0.420 e. The van der Waals surface area contributed by atoms with Gasteiger partial charge in [0.25, 0.3) is 0 Å². The number of aromatic amines is 1. The van der Waals surface area contributed by atoms with Gasteiger partial charge in [0.05, 0.1) is 5.92 Å². The number of aryl methyl sites for hydroxylation is 1. The fourth-order valence-electron chi connectivity index (χ4n) is 2.42. The second-order valence-corrected chi connectivity index (χ2v) is 5.37. The van der Waals surface area contributed by atoms with Crippen LogP contribution in [0.2, 0.25) is 0 Å². The molecule has 100 valence electrons. The van der Waals surface area contributed by atoms with Crippen LogP contribution in [0.5, 0.6) is 5.88 Å². The van der Waals surface area contributed by atoms with E-state index in [0.29, 0.717) is 11.5 Å². The average molecular weight is 331 g/mol. The van der Waals surface area contributed by atoms with Gasteiger partial charge in [-0.1, -0.05) is 34.1 Å². The summed E-state index contributed by atoms with van der Waals surface area (Å²) in [6, 6.07) is 9.90. The Morgan fingerprint density at radius 3 is 2.90 bits per heavy atom. The Morgan fingerprint density at radius 2 is 2.20 bits per heavy atom. The van der Waals surface area contributed by atoms with E-state index in [1.165, 1.54) is 0 Å². The fourth-order valence-corrected chi connectivity index (χ4v) is 2.93. The molecule has 1 atom stereocenters. The molecule has 20 heavy (non-hydrogen) atoms. The van der Waals surface area contributed by atoms with Gasteiger partial charge in [-0.05, 0) is 18.6 Å². The lowest BCUT2D eigenvalue weighted by Gasteiger charge is -2.24. The second kappa shape index (κ2) is 4.69. The number of nitrogens with two attached hydrogens (primary N) is 1. The van der Waals surface area contributed by atoms with Crippen LogP contribution in [0.4, 0.5) is 0 Å². The van der Waals surface area contributed by atoms with E-state index in [9.17, 15) is 5.26 Å². The molecule has 0 aliphatic carbocycles. The van der Waals surface area contributed by atoms with E-state index in [-0.39, 0.29) is 11.8 Å². The van der Waals surface area contributed by atoms with Gasteiger partial charge < -0.3 is 10.5 Å². The number of nitrogens with zero attached hydrogens (tertiary/aromatic N) is 2. The molecule has 1 aliphatic rings. The van der Waals surface area contributed by atoms with E-state index in [0.717, 1.165) is 21.3 Å². The predicted molar refractivity (Wildman–Crippen MR) is 76.8 cm³/mol. The highest BCUT2D eigenvalue weighted by Gasteiger charge is 2.34. The van der Waals surface area contributed by atoms with Crippen molar-refractivity contribution >= 4 is 15.9 Å². The molecule has 0 saturated carbocycles. The van der Waals surface area contributed by atoms with Crippen molar-refractivity contribution in [1.82, 2.24) is 10.2 Å². The number of hydrogen-bond donors (Lipinski definition) is 2. The first-order chi connectivity index (χ1) is 9.63. The van der Waals surface area contributed by atoms with Crippen molar-refractivity contribution in [2.24, 2.45) is 5.73 Å². The van der Waals surface area contributed by atoms with Gasteiger partial charge in [-0.2, -0.15) is 5.26 Å². The summed E-state index contributed by atoms with van der Waals surface area (Å²) in [6.45, 7) is 1.90. The average Bonchev–Trinajstić information content (AvgIpc) is 2.79. The van der Waals surface area contributed by atoms with Crippen molar-refractivity contribution < 1.29 is 4.74 Å². The van der Waals surface area contributed by atoms with Gasteiger partial charge in [0.1, 0.15) is 11.6 Å². The van der Waals surface area contributed by atoms with Gasteiger partial charge in [0, 0.05) is 15.7 Å². The van der Waals surface area contributed by atoms with Crippen LogP contribution < -0.4 is 10.5 Å². The summed E-state index contributed by atoms with van der Waals surface area (Å²) < 4.78 is 6.34. The minimum atomic E-state index is -0.280. The van der Waals surface area contributed by atoms with Crippen molar-refractivity contribution in [1.29, 1.82) is 5.26 Å². The Hall–Kier alpha value is -2.26. The van der Waals surface area contributed by atoms with Crippen LogP contribution >= 0.6 is 15.9 Å². The van der Waals surface area contributed by atoms with Gasteiger partial charge in [-0.25, -0.2) is 0 Å². The van der Waals surface area contributed by atoms with E-state index in [1.54, 1.807) is 0 Å². The first kappa shape index (κ1) is 12.8. The summed E-state index contributed by atoms with van der Waals surface area (Å²) in [5, 5.41) is 16.4. The SMILES string of the molecule is Cc1[nH]nc2c1C(c1ccccc1Br)C(C#N)=C(N)O2. The molecular weight excluding hydrogens is 320 g/mol. The van der Waals surface area contributed by atoms with Crippen LogP contribution in [0.3, 0.4) is 0 Å². The lowest BCUT2D eigenvalue weighted by molar-refractivity contribution is 0.378. The normalized spacial score (nSPS) is 17.4. The molecule has 1 aliphatic heterocycles. The molecular formula is C14H11BrN4O. The summed E-state index contributed by atoms with van der Waals surface area (Å²) in [5.74, 6) is 0.255. The number of H-pyrrole nitrogens is 1. The number of rotatable bonds is 1. The Bertz CT molecular complexity index is 757. The lowest BCUT2D eigenvalue weighted by atomic mass is 9.84. The molecule has 0 bridgehead atoms. The number of aromatic nitrogens is 2. The van der Waals surface area contributed by atoms with Crippen molar-refractivity contribution in [3.05, 3.63) is 57.0 Å². The summed E-state index contributed by atoms with van der Waals surface area (Å²) in [4.78, 5) is 0. The van der Waals surface area contributed by atoms with Crippen molar-refractivity contribution in [2.75, 3.05) is 0 Å². The third kappa shape index (κ3) is 1.79. The van der Waals surface area contributed by atoms with Crippen LogP contribution in [-0.2, 0) is 0 Å². The van der Waals surface area contributed by atoms with Gasteiger partial charge in [0.2, 0.25) is 11.8 Å². The molecule has 3 rings (SSSR count). The molecule has 1 aromatic heterocycles. The van der Waals surface area contributed by atoms with Crippen molar-refractivity contribution in [3.8, 4) is 11.9 Å². The molecule has 3 N–H and O–H groups in total. The highest BCUT2D eigenvalue weighted by atomic mass is 79.9. The Kier molecular flexibility index (Phi) is 2.99. The smallest absolute Gasteiger partial charge is 0.244 e. The number of fused-ring (bicyclic) bond motifs is 1. The molecule has 1 aromatic carbocycles. The molecule has 0 radical (unpaired) electrons. The van der Waals surface area contributed by atoms with Crippen LogP contribution in [-0.4, -0.2) is 10.2 Å². The number of hydrogen-bond acceptors (Lipinski definition) is 4. The summed E-state index contributed by atoms with van der Waals surface area (Å²) in [7, 11) is 0. The number of halogens is 1. The first-order valence-electron chi connectivity index (χ1n) is 6.00. The maximum Gasteiger partial charge on any atom is 0.244 e. The summed E-state index contributed by atoms with van der Waals surface area (Å²) in [5.41, 5.74) is 8.93. The van der Waals surface area contributed by atoms with Crippen molar-refractivity contribution in [3.63, 3.8) is 0 Å². The van der Waals surface area contributed by atoms with Gasteiger partial charge in [-0.3, -0.25) is 5.10 Å². The quantitative estimate of drug-likeness (QED) is 0.841. The number of benzene rings is 1. The molecule has 0 fully saturated rings. The Morgan fingerprint density at radius 1 is 1.45 bits per heavy atom. The van der Waals surface area contributed by atoms with E-state index in [1.807, 2.05) is 31.2 Å². The zero-order chi connectivity index (χ0) is 14.3. The Balaban J connectivity index is 2.29. The van der Waals surface area contributed by atoms with Gasteiger partial charge in [0.15, 0.2) is 0 Å². The minimum absolute atomic E-state index is 0.104. The molecule has 0 saturated heterocycles. The third-order valence-corrected chi connectivity index (χ3v) is 4.07. The maximum absolute atomic E-state index is 9.42. The number of nitrogens with one attached hydrogen (secondary N) is 1. The summed E-state index contributed by atoms with van der Waals surface area (Å²) >= 11 is 3.53. The monoisotopic (exact) mass is 330 g/mol. The summed E-state index contributed by atoms with van der Waals surface area (Å²) in [6.07, 6.45) is 0. The molecule has 2 heterocycles. The van der Waals surface area contributed by atoms with Gasteiger partial charge in [-0.15, -0.1) is 5.10 Å². The maximum atomic E-state index is 9.42. The van der Waals surface area contributed by atoms with E-state index in [2.05, 4.69) is 32.2 Å².